The van der Waals surface area contributed by atoms with Crippen LogP contribution in [0.2, 0.25) is 0 Å². The fourth-order valence-corrected chi connectivity index (χ4v) is 10.5. The number of hydrogen-bond donors (Lipinski definition) is 6. The van der Waals surface area contributed by atoms with Gasteiger partial charge in [0.15, 0.2) is 0 Å². The van der Waals surface area contributed by atoms with E-state index >= 15 is 0 Å². The number of ether oxygens (including phenoxy) is 1. The van der Waals surface area contributed by atoms with Gasteiger partial charge in [-0.05, 0) is 82.5 Å². The van der Waals surface area contributed by atoms with Crippen LogP contribution in [0, 0.1) is 5.92 Å². The Morgan fingerprint density at radius 2 is 0.565 bits per heavy atom. The molecule has 0 saturated carbocycles. The van der Waals surface area contributed by atoms with E-state index in [0.29, 0.717) is 19.6 Å². The molecule has 1 saturated heterocycles. The summed E-state index contributed by atoms with van der Waals surface area (Å²) in [7, 11) is 0. The van der Waals surface area contributed by atoms with Crippen molar-refractivity contribution >= 4 is 37.2 Å². The first kappa shape index (κ1) is 95.8. The Morgan fingerprint density at radius 1 is 0.341 bits per heavy atom. The zero-order valence-electron chi connectivity index (χ0n) is 59.6. The van der Waals surface area contributed by atoms with E-state index in [4.69, 9.17) is 15.9 Å². The van der Waals surface area contributed by atoms with Gasteiger partial charge in [0.05, 0.1) is 12.3 Å². The van der Waals surface area contributed by atoms with E-state index in [1.54, 1.807) is 0 Å². The average Bonchev–Trinajstić information content (AvgIpc) is 4.12. The first-order chi connectivity index (χ1) is 41.7. The quantitative estimate of drug-likeness (QED) is 0.0155. The number of carbonyl (C=O) groups excluding carboxylic acids is 2. The number of thiol groups is 2. The average molecular weight is 1250 g/mol. The third-order valence-electron chi connectivity index (χ3n) is 15.9. The number of cyclic esters (lactones) is 2. The number of hydrogen-bond acceptors (Lipinski definition) is 9. The lowest BCUT2D eigenvalue weighted by molar-refractivity contribution is -0.153. The summed E-state index contributed by atoms with van der Waals surface area (Å²) in [6.07, 6.45) is 76.6. The van der Waals surface area contributed by atoms with E-state index in [0.717, 1.165) is 50.2 Å². The number of nitrogens with two attached hydrogens (primary N) is 1. The zero-order valence-corrected chi connectivity index (χ0v) is 61.4. The van der Waals surface area contributed by atoms with Gasteiger partial charge in [-0.25, -0.2) is 0 Å². The number of unbranched alkanes of at least 4 members (excludes halogenated alkanes) is 48. The van der Waals surface area contributed by atoms with Gasteiger partial charge in [0.1, 0.15) is 0 Å². The molecule has 0 aromatic carbocycles. The standard InChI is InChI=1S/C16H35N.C12H20O3.C12H26O.C12H26S.C8H19N.C8H18O.C8H18S/c1-3-5-7-9-11-13-15-17-16-14-12-10-8-6-4-2;1-2-3-4-5-6-7-8-10-9-11(13)15-12(10)14;2*1-2-3-4-5-6-7-8-9-10-11-12-13;3*1-2-3-4-5-6-7-8-9/h17H,3-16H2,1-2H3;10H,2-9H2,1H3;2*13H,2-12H2,1H3;2-9H2,1H3;2*9H,2-8H2,1H3. The van der Waals surface area contributed by atoms with Crippen molar-refractivity contribution in [3.63, 3.8) is 0 Å². The molecule has 1 heterocycles. The smallest absolute Gasteiger partial charge is 0.317 e. The summed E-state index contributed by atoms with van der Waals surface area (Å²) in [4.78, 5) is 21.9. The van der Waals surface area contributed by atoms with Gasteiger partial charge in [-0.15, -0.1) is 0 Å². The minimum Gasteiger partial charge on any atom is -0.396 e. The molecular formula is C76H162N2O5S2. The van der Waals surface area contributed by atoms with Crippen molar-refractivity contribution in [2.24, 2.45) is 11.7 Å². The van der Waals surface area contributed by atoms with Gasteiger partial charge < -0.3 is 26.0 Å². The molecule has 1 atom stereocenters. The zero-order chi connectivity index (χ0) is 64.1. The van der Waals surface area contributed by atoms with Crippen LogP contribution in [0.25, 0.3) is 0 Å². The van der Waals surface area contributed by atoms with Crippen molar-refractivity contribution in [3.8, 4) is 0 Å². The molecule has 85 heavy (non-hydrogen) atoms. The first-order valence-corrected chi connectivity index (χ1v) is 39.6. The van der Waals surface area contributed by atoms with Gasteiger partial charge in [-0.3, -0.25) is 9.59 Å². The molecule has 518 valence electrons. The highest BCUT2D eigenvalue weighted by Gasteiger charge is 2.32. The monoisotopic (exact) mass is 1250 g/mol. The molecule has 1 fully saturated rings. The maximum atomic E-state index is 11.1. The third kappa shape index (κ3) is 109. The Balaban J connectivity index is -0.000000217. The second kappa shape index (κ2) is 99.9. The maximum absolute atomic E-state index is 11.1. The summed E-state index contributed by atoms with van der Waals surface area (Å²) >= 11 is 8.35. The summed E-state index contributed by atoms with van der Waals surface area (Å²) in [6.45, 7) is 22.1. The highest BCUT2D eigenvalue weighted by molar-refractivity contribution is 7.80. The maximum Gasteiger partial charge on any atom is 0.317 e. The molecule has 0 bridgehead atoms. The molecular weight excluding hydrogens is 1080 g/mol. The van der Waals surface area contributed by atoms with Gasteiger partial charge in [-0.1, -0.05) is 370 Å². The van der Waals surface area contributed by atoms with Crippen LogP contribution in [-0.2, 0) is 14.3 Å². The number of aliphatic hydroxyl groups is 2. The van der Waals surface area contributed by atoms with Crippen LogP contribution in [0.5, 0.6) is 0 Å². The van der Waals surface area contributed by atoms with Crippen molar-refractivity contribution < 1.29 is 24.5 Å². The van der Waals surface area contributed by atoms with Crippen LogP contribution in [0.4, 0.5) is 0 Å². The second-order valence-electron chi connectivity index (χ2n) is 24.9. The largest absolute Gasteiger partial charge is 0.396 e. The summed E-state index contributed by atoms with van der Waals surface area (Å²) in [6, 6.07) is 0. The number of nitrogens with one attached hydrogen (secondary N) is 1. The molecule has 7 nitrogen and oxygen atoms in total. The molecule has 0 aliphatic carbocycles. The lowest BCUT2D eigenvalue weighted by atomic mass is 9.99. The summed E-state index contributed by atoms with van der Waals surface area (Å²) in [5.41, 5.74) is 5.34. The van der Waals surface area contributed by atoms with Gasteiger partial charge in [0, 0.05) is 13.2 Å². The second-order valence-corrected chi connectivity index (χ2v) is 25.8. The molecule has 0 amide bonds. The Hall–Kier alpha value is -0.320. The molecule has 9 heteroatoms. The summed E-state index contributed by atoms with van der Waals surface area (Å²) in [5.74, 6) is 1.32. The number of aliphatic hydroxyl groups excluding tert-OH is 2. The highest BCUT2D eigenvalue weighted by Crippen LogP contribution is 2.23. The summed E-state index contributed by atoms with van der Waals surface area (Å²) < 4.78 is 4.49. The van der Waals surface area contributed by atoms with E-state index in [1.807, 2.05) is 0 Å². The van der Waals surface area contributed by atoms with Crippen LogP contribution in [-0.4, -0.2) is 66.5 Å². The molecule has 5 N–H and O–H groups in total. The van der Waals surface area contributed by atoms with Crippen LogP contribution >= 0.6 is 25.3 Å². The third-order valence-corrected chi connectivity index (χ3v) is 16.5. The predicted octanol–water partition coefficient (Wildman–Crippen LogP) is 24.8. The van der Waals surface area contributed by atoms with Gasteiger partial charge in [0.2, 0.25) is 0 Å². The fraction of sp³-hybridized carbons (Fsp3) is 0.974. The van der Waals surface area contributed by atoms with Crippen molar-refractivity contribution in [1.82, 2.24) is 5.32 Å². The van der Waals surface area contributed by atoms with Crippen molar-refractivity contribution in [3.05, 3.63) is 0 Å². The number of rotatable bonds is 59. The molecule has 1 unspecified atom stereocenters. The SMILES string of the molecule is CCCCCCCCC1CC(=O)OC1=O.CCCCCCCCCCCCO.CCCCCCCCCCCCS.CCCCCCCCN.CCCCCCCCNCCCCCCCC.CCCCCCCCO.CCCCCCCCS. The predicted molar refractivity (Wildman–Crippen MR) is 392 cm³/mol. The Kier molecular flexibility index (Phi) is 113. The molecule has 0 aromatic heterocycles. The van der Waals surface area contributed by atoms with Crippen LogP contribution in [0.3, 0.4) is 0 Å². The van der Waals surface area contributed by atoms with Crippen molar-refractivity contribution in [2.45, 2.75) is 428 Å². The van der Waals surface area contributed by atoms with Crippen molar-refractivity contribution in [1.29, 1.82) is 0 Å². The Labute approximate surface area is 547 Å². The topological polar surface area (TPSA) is 122 Å². The van der Waals surface area contributed by atoms with E-state index in [2.05, 4.69) is 90.7 Å². The molecule has 1 rings (SSSR count). The fourth-order valence-electron chi connectivity index (χ4n) is 10.0. The molecule has 0 spiro atoms. The molecule has 1 aliphatic heterocycles. The van der Waals surface area contributed by atoms with Gasteiger partial charge in [0.25, 0.3) is 0 Å². The van der Waals surface area contributed by atoms with E-state index in [1.165, 1.54) is 347 Å². The highest BCUT2D eigenvalue weighted by atomic mass is 32.1. The van der Waals surface area contributed by atoms with Gasteiger partial charge in [-0.2, -0.15) is 25.3 Å². The van der Waals surface area contributed by atoms with Crippen LogP contribution in [0.15, 0.2) is 0 Å². The van der Waals surface area contributed by atoms with E-state index in [9.17, 15) is 9.59 Å². The normalized spacial score (nSPS) is 12.3. The molecule has 0 radical (unpaired) electrons. The molecule has 1 aliphatic rings. The van der Waals surface area contributed by atoms with E-state index in [-0.39, 0.29) is 17.9 Å². The number of esters is 2. The van der Waals surface area contributed by atoms with Crippen LogP contribution < -0.4 is 11.1 Å². The van der Waals surface area contributed by atoms with Gasteiger partial charge >= 0.3 is 11.9 Å². The van der Waals surface area contributed by atoms with Crippen LogP contribution in [0.1, 0.15) is 428 Å². The lowest BCUT2D eigenvalue weighted by Gasteiger charge is -2.04. The summed E-state index contributed by atoms with van der Waals surface area (Å²) in [5, 5.41) is 20.6. The van der Waals surface area contributed by atoms with Crippen molar-refractivity contribution in [2.75, 3.05) is 44.4 Å². The molecule has 0 aromatic rings. The minimum absolute atomic E-state index is 0.149. The first-order valence-electron chi connectivity index (χ1n) is 38.3. The van der Waals surface area contributed by atoms with E-state index < -0.39 is 0 Å². The minimum atomic E-state index is -0.351. The Bertz CT molecular complexity index is 982. The Morgan fingerprint density at radius 3 is 0.788 bits per heavy atom. The number of carbonyl (C=O) groups is 2. The lowest BCUT2D eigenvalue weighted by Crippen LogP contribution is -2.16.